The predicted molar refractivity (Wildman–Crippen MR) is 74.7 cm³/mol. The molecule has 0 aromatic carbocycles. The molecule has 0 spiro atoms. The van der Waals surface area contributed by atoms with E-state index < -0.39 is 11.2 Å². The van der Waals surface area contributed by atoms with Crippen LogP contribution < -0.4 is 16.6 Å². The second kappa shape index (κ2) is 6.38. The second-order valence-corrected chi connectivity index (χ2v) is 5.08. The van der Waals surface area contributed by atoms with Crippen molar-refractivity contribution in [1.82, 2.24) is 19.8 Å². The molecule has 1 aliphatic rings. The smallest absolute Gasteiger partial charge is 0.328 e. The first-order chi connectivity index (χ1) is 9.95. The van der Waals surface area contributed by atoms with Crippen LogP contribution in [0.5, 0.6) is 0 Å². The summed E-state index contributed by atoms with van der Waals surface area (Å²) in [5.41, 5.74) is -0.979. The van der Waals surface area contributed by atoms with Gasteiger partial charge in [-0.25, -0.2) is 4.79 Å². The first kappa shape index (κ1) is 15.0. The van der Waals surface area contributed by atoms with E-state index in [9.17, 15) is 19.2 Å². The van der Waals surface area contributed by atoms with E-state index in [4.69, 9.17) is 0 Å². The van der Waals surface area contributed by atoms with Crippen molar-refractivity contribution in [3.05, 3.63) is 33.1 Å². The number of aryl methyl sites for hydroxylation is 1. The highest BCUT2D eigenvalue weighted by molar-refractivity contribution is 5.77. The molecule has 2 amide bonds. The topological polar surface area (TPSA) is 104 Å². The lowest BCUT2D eigenvalue weighted by atomic mass is 10.2. The monoisotopic (exact) mass is 294 g/mol. The lowest BCUT2D eigenvalue weighted by molar-refractivity contribution is -0.130. The van der Waals surface area contributed by atoms with Gasteiger partial charge < -0.3 is 14.8 Å². The Morgan fingerprint density at radius 1 is 1.43 bits per heavy atom. The van der Waals surface area contributed by atoms with E-state index in [2.05, 4.69) is 10.3 Å². The minimum absolute atomic E-state index is 0.00209. The number of nitrogens with one attached hydrogen (secondary N) is 2. The third-order valence-electron chi connectivity index (χ3n) is 3.41. The van der Waals surface area contributed by atoms with Gasteiger partial charge in [0.05, 0.1) is 0 Å². The van der Waals surface area contributed by atoms with E-state index in [0.29, 0.717) is 13.1 Å². The Hall–Kier alpha value is -2.38. The molecule has 2 N–H and O–H groups in total. The fourth-order valence-electron chi connectivity index (χ4n) is 2.39. The van der Waals surface area contributed by atoms with Gasteiger partial charge in [-0.1, -0.05) is 0 Å². The summed E-state index contributed by atoms with van der Waals surface area (Å²) >= 11 is 0. The highest BCUT2D eigenvalue weighted by atomic mass is 16.2. The fourth-order valence-corrected chi connectivity index (χ4v) is 2.39. The first-order valence-electron chi connectivity index (χ1n) is 6.80. The zero-order chi connectivity index (χ0) is 15.4. The number of rotatable bonds is 4. The summed E-state index contributed by atoms with van der Waals surface area (Å²) in [6.45, 7) is 2.77. The van der Waals surface area contributed by atoms with Crippen molar-refractivity contribution in [3.63, 3.8) is 0 Å². The zero-order valence-electron chi connectivity index (χ0n) is 11.8. The van der Waals surface area contributed by atoms with Crippen LogP contribution in [0.1, 0.15) is 19.8 Å². The van der Waals surface area contributed by atoms with Crippen molar-refractivity contribution < 1.29 is 9.59 Å². The number of likely N-dealkylation sites (tertiary alicyclic amines) is 1. The van der Waals surface area contributed by atoms with Crippen LogP contribution in [0, 0.1) is 0 Å². The molecule has 2 rings (SSSR count). The average molecular weight is 294 g/mol. The molecule has 1 aromatic rings. The van der Waals surface area contributed by atoms with Gasteiger partial charge in [0.25, 0.3) is 5.56 Å². The number of aromatic nitrogens is 2. The molecule has 1 aromatic heterocycles. The molecule has 1 saturated heterocycles. The van der Waals surface area contributed by atoms with E-state index >= 15 is 0 Å². The Balaban J connectivity index is 1.86. The number of hydrogen-bond donors (Lipinski definition) is 2. The summed E-state index contributed by atoms with van der Waals surface area (Å²) in [4.78, 5) is 49.3. The van der Waals surface area contributed by atoms with Crippen molar-refractivity contribution in [2.75, 3.05) is 13.1 Å². The third kappa shape index (κ3) is 4.04. The molecule has 0 radical (unpaired) electrons. The molecule has 114 valence electrons. The standard InChI is InChI=1S/C13H18N4O4/c1-9(18)14-10-2-5-17(8-10)12(20)4-7-16-6-3-11(19)15-13(16)21/h3,6,10H,2,4-5,7-8H2,1H3,(H,14,18)(H,15,19,21). The third-order valence-corrected chi connectivity index (χ3v) is 3.41. The van der Waals surface area contributed by atoms with Crippen molar-refractivity contribution >= 4 is 11.8 Å². The largest absolute Gasteiger partial charge is 0.352 e. The number of hydrogen-bond acceptors (Lipinski definition) is 4. The van der Waals surface area contributed by atoms with E-state index in [1.54, 1.807) is 4.90 Å². The van der Waals surface area contributed by atoms with Crippen molar-refractivity contribution in [1.29, 1.82) is 0 Å². The van der Waals surface area contributed by atoms with Crippen LogP contribution in [0.4, 0.5) is 0 Å². The van der Waals surface area contributed by atoms with E-state index in [1.165, 1.54) is 23.8 Å². The Bertz CT molecular complexity index is 648. The molecule has 1 atom stereocenters. The molecule has 0 saturated carbocycles. The van der Waals surface area contributed by atoms with Crippen LogP contribution in [-0.2, 0) is 16.1 Å². The van der Waals surface area contributed by atoms with Crippen LogP contribution in [0.15, 0.2) is 21.9 Å². The number of H-pyrrole nitrogens is 1. The molecule has 1 fully saturated rings. The molecule has 21 heavy (non-hydrogen) atoms. The van der Waals surface area contributed by atoms with Gasteiger partial charge in [0.1, 0.15) is 0 Å². The normalized spacial score (nSPS) is 17.8. The van der Waals surface area contributed by atoms with Gasteiger partial charge in [0.2, 0.25) is 11.8 Å². The first-order valence-corrected chi connectivity index (χ1v) is 6.80. The molecule has 1 aliphatic heterocycles. The lowest BCUT2D eigenvalue weighted by Gasteiger charge is -2.17. The van der Waals surface area contributed by atoms with Gasteiger partial charge in [-0.15, -0.1) is 0 Å². The summed E-state index contributed by atoms with van der Waals surface area (Å²) in [6.07, 6.45) is 2.29. The molecule has 1 unspecified atom stereocenters. The van der Waals surface area contributed by atoms with E-state index in [0.717, 1.165) is 6.42 Å². The van der Waals surface area contributed by atoms with Crippen molar-refractivity contribution in [2.45, 2.75) is 32.4 Å². The SMILES string of the molecule is CC(=O)NC1CCN(C(=O)CCn2ccc(=O)[nH]c2=O)C1. The highest BCUT2D eigenvalue weighted by Gasteiger charge is 2.26. The molecule has 2 heterocycles. The van der Waals surface area contributed by atoms with Crippen LogP contribution in [-0.4, -0.2) is 45.4 Å². The summed E-state index contributed by atoms with van der Waals surface area (Å²) in [5, 5.41) is 2.79. The summed E-state index contributed by atoms with van der Waals surface area (Å²) < 4.78 is 1.29. The number of amides is 2. The summed E-state index contributed by atoms with van der Waals surface area (Å²) in [5.74, 6) is -0.171. The summed E-state index contributed by atoms with van der Waals surface area (Å²) in [6, 6.07) is 1.25. The predicted octanol–water partition coefficient (Wildman–Crippen LogP) is -1.34. The molecular weight excluding hydrogens is 276 g/mol. The molecule has 0 bridgehead atoms. The van der Waals surface area contributed by atoms with Crippen LogP contribution >= 0.6 is 0 Å². The maximum atomic E-state index is 12.1. The highest BCUT2D eigenvalue weighted by Crippen LogP contribution is 2.10. The summed E-state index contributed by atoms with van der Waals surface area (Å²) in [7, 11) is 0. The van der Waals surface area contributed by atoms with Crippen molar-refractivity contribution in [2.24, 2.45) is 0 Å². The lowest BCUT2D eigenvalue weighted by Crippen LogP contribution is -2.38. The van der Waals surface area contributed by atoms with E-state index in [1.807, 2.05) is 0 Å². The van der Waals surface area contributed by atoms with E-state index in [-0.39, 0.29) is 30.8 Å². The minimum Gasteiger partial charge on any atom is -0.352 e. The van der Waals surface area contributed by atoms with Gasteiger partial charge in [-0.05, 0) is 6.42 Å². The Morgan fingerprint density at radius 2 is 2.19 bits per heavy atom. The quantitative estimate of drug-likeness (QED) is 0.717. The molecule has 0 aliphatic carbocycles. The number of nitrogens with zero attached hydrogens (tertiary/aromatic N) is 2. The maximum absolute atomic E-state index is 12.1. The Kier molecular flexibility index (Phi) is 4.56. The van der Waals surface area contributed by atoms with Gasteiger partial charge >= 0.3 is 5.69 Å². The van der Waals surface area contributed by atoms with Crippen LogP contribution in [0.3, 0.4) is 0 Å². The van der Waals surface area contributed by atoms with Crippen molar-refractivity contribution in [3.8, 4) is 0 Å². The van der Waals surface area contributed by atoms with Gasteiger partial charge in [-0.2, -0.15) is 0 Å². The van der Waals surface area contributed by atoms with Crippen LogP contribution in [0.25, 0.3) is 0 Å². The van der Waals surface area contributed by atoms with Gasteiger partial charge in [0.15, 0.2) is 0 Å². The Labute approximate surface area is 120 Å². The maximum Gasteiger partial charge on any atom is 0.328 e. The number of aromatic amines is 1. The van der Waals surface area contributed by atoms with Crippen LogP contribution in [0.2, 0.25) is 0 Å². The fraction of sp³-hybridized carbons (Fsp3) is 0.538. The number of carbonyl (C=O) groups excluding carboxylic acids is 2. The second-order valence-electron chi connectivity index (χ2n) is 5.08. The zero-order valence-corrected chi connectivity index (χ0v) is 11.8. The minimum atomic E-state index is -0.521. The molecule has 8 heteroatoms. The number of carbonyl (C=O) groups is 2. The molecule has 8 nitrogen and oxygen atoms in total. The Morgan fingerprint density at radius 3 is 2.86 bits per heavy atom. The molecular formula is C13H18N4O4. The van der Waals surface area contributed by atoms with Gasteiger partial charge in [-0.3, -0.25) is 19.4 Å². The average Bonchev–Trinajstić information content (AvgIpc) is 2.85. The van der Waals surface area contributed by atoms with Gasteiger partial charge in [0, 0.05) is 51.3 Å².